The number of ether oxygens (including phenoxy) is 3. The number of imidazole rings is 1. The molecule has 5 N–H and O–H groups in total. The third-order valence-electron chi connectivity index (χ3n) is 5.83. The van der Waals surface area contributed by atoms with Crippen molar-refractivity contribution < 1.29 is 34.3 Å². The second-order valence-electron chi connectivity index (χ2n) is 8.05. The third kappa shape index (κ3) is 4.05. The number of aromatic nitrogens is 4. The first-order valence-corrected chi connectivity index (χ1v) is 10.8. The molecule has 1 aliphatic heterocycles. The molecule has 4 rings (SSSR count). The SMILES string of the molecule is CCCC(=O)Oc1ccc(C[C@@]2(n3cnc4c(N)ncnc43)O[C@H](CO)[C@@H](O)[C@H]2O)cc1OC. The number of nitrogens with zero attached hydrogens (tertiary/aromatic N) is 4. The van der Waals surface area contributed by atoms with Gasteiger partial charge in [-0.15, -0.1) is 0 Å². The van der Waals surface area contributed by atoms with Gasteiger partial charge >= 0.3 is 5.97 Å². The minimum atomic E-state index is -1.59. The van der Waals surface area contributed by atoms with E-state index in [0.717, 1.165) is 0 Å². The van der Waals surface area contributed by atoms with Crippen LogP contribution in [-0.2, 0) is 21.7 Å². The van der Waals surface area contributed by atoms with Crippen LogP contribution in [-0.4, -0.2) is 72.8 Å². The highest BCUT2D eigenvalue weighted by atomic mass is 16.6. The summed E-state index contributed by atoms with van der Waals surface area (Å²) >= 11 is 0. The Bertz CT molecular complexity index is 1190. The molecule has 34 heavy (non-hydrogen) atoms. The van der Waals surface area contributed by atoms with Crippen molar-refractivity contribution in [2.75, 3.05) is 19.5 Å². The average Bonchev–Trinajstić information content (AvgIpc) is 3.37. The fraction of sp³-hybridized carbons (Fsp3) is 0.455. The number of fused-ring (bicyclic) bond motifs is 1. The molecule has 3 heterocycles. The summed E-state index contributed by atoms with van der Waals surface area (Å²) in [5.41, 5.74) is 5.54. The van der Waals surface area contributed by atoms with Crippen LogP contribution in [0.1, 0.15) is 25.3 Å². The van der Waals surface area contributed by atoms with Gasteiger partial charge in [0, 0.05) is 12.8 Å². The largest absolute Gasteiger partial charge is 0.493 e. The van der Waals surface area contributed by atoms with E-state index in [1.54, 1.807) is 18.2 Å². The first-order chi connectivity index (χ1) is 16.3. The maximum Gasteiger partial charge on any atom is 0.311 e. The van der Waals surface area contributed by atoms with E-state index in [0.29, 0.717) is 23.3 Å². The molecule has 0 spiro atoms. The van der Waals surface area contributed by atoms with Gasteiger partial charge in [-0.2, -0.15) is 0 Å². The molecule has 12 heteroatoms. The van der Waals surface area contributed by atoms with Crippen LogP contribution in [0.5, 0.6) is 11.5 Å². The zero-order chi connectivity index (χ0) is 24.5. The molecule has 1 fully saturated rings. The van der Waals surface area contributed by atoms with Gasteiger partial charge in [0.05, 0.1) is 20.0 Å². The van der Waals surface area contributed by atoms with Crippen molar-refractivity contribution in [3.05, 3.63) is 36.4 Å². The number of benzene rings is 1. The average molecular weight is 473 g/mol. The highest BCUT2D eigenvalue weighted by Gasteiger charge is 2.56. The summed E-state index contributed by atoms with van der Waals surface area (Å²) in [7, 11) is 1.45. The lowest BCUT2D eigenvalue weighted by Gasteiger charge is -2.34. The van der Waals surface area contributed by atoms with Crippen LogP contribution in [0.25, 0.3) is 11.2 Å². The van der Waals surface area contributed by atoms with E-state index in [1.165, 1.54) is 24.3 Å². The Morgan fingerprint density at radius 3 is 2.74 bits per heavy atom. The second kappa shape index (κ2) is 9.50. The minimum Gasteiger partial charge on any atom is -0.493 e. The summed E-state index contributed by atoms with van der Waals surface area (Å²) in [6.07, 6.45) is -0.286. The first kappa shape index (κ1) is 23.8. The Labute approximate surface area is 194 Å². The van der Waals surface area contributed by atoms with E-state index < -0.39 is 30.6 Å². The quantitative estimate of drug-likeness (QED) is 0.258. The summed E-state index contributed by atoms with van der Waals surface area (Å²) in [4.78, 5) is 24.4. The number of anilines is 1. The molecular weight excluding hydrogens is 446 g/mol. The van der Waals surface area contributed by atoms with Crippen LogP contribution < -0.4 is 15.2 Å². The number of carbonyl (C=O) groups is 1. The smallest absolute Gasteiger partial charge is 0.311 e. The van der Waals surface area contributed by atoms with E-state index >= 15 is 0 Å². The molecule has 2 aromatic heterocycles. The molecule has 1 saturated heterocycles. The lowest BCUT2D eigenvalue weighted by molar-refractivity contribution is -0.145. The van der Waals surface area contributed by atoms with Gasteiger partial charge in [0.1, 0.15) is 30.2 Å². The van der Waals surface area contributed by atoms with Crippen LogP contribution in [0.15, 0.2) is 30.9 Å². The third-order valence-corrected chi connectivity index (χ3v) is 5.83. The molecule has 1 aromatic carbocycles. The number of rotatable bonds is 8. The monoisotopic (exact) mass is 473 g/mol. The number of methoxy groups -OCH3 is 1. The molecule has 0 aliphatic carbocycles. The van der Waals surface area contributed by atoms with Crippen LogP contribution in [0.4, 0.5) is 5.82 Å². The maximum atomic E-state index is 11.9. The summed E-state index contributed by atoms with van der Waals surface area (Å²) in [5, 5.41) is 31.4. The van der Waals surface area contributed by atoms with Crippen LogP contribution in [0, 0.1) is 0 Å². The molecule has 0 amide bonds. The number of hydrogen-bond donors (Lipinski definition) is 4. The zero-order valence-electron chi connectivity index (χ0n) is 18.8. The number of nitrogen functional groups attached to an aromatic ring is 1. The number of nitrogens with two attached hydrogens (primary N) is 1. The lowest BCUT2D eigenvalue weighted by Crippen LogP contribution is -2.47. The van der Waals surface area contributed by atoms with Crippen molar-refractivity contribution in [1.29, 1.82) is 0 Å². The van der Waals surface area contributed by atoms with Gasteiger partial charge in [-0.1, -0.05) is 13.0 Å². The van der Waals surface area contributed by atoms with Crippen molar-refractivity contribution in [3.63, 3.8) is 0 Å². The van der Waals surface area contributed by atoms with Crippen molar-refractivity contribution in [2.24, 2.45) is 0 Å². The molecule has 0 radical (unpaired) electrons. The molecular formula is C22H27N5O7. The molecule has 12 nitrogen and oxygen atoms in total. The predicted molar refractivity (Wildman–Crippen MR) is 119 cm³/mol. The van der Waals surface area contributed by atoms with E-state index in [9.17, 15) is 20.1 Å². The zero-order valence-corrected chi connectivity index (χ0v) is 18.8. The van der Waals surface area contributed by atoms with Crippen LogP contribution in [0.3, 0.4) is 0 Å². The fourth-order valence-corrected chi connectivity index (χ4v) is 4.15. The standard InChI is InChI=1S/C22H27N5O7/c1-3-4-16(29)33-13-6-5-12(7-14(13)32-2)8-22(19(31)18(30)15(9-28)34-22)27-11-26-17-20(23)24-10-25-21(17)27/h5-7,10-11,15,18-19,28,30-31H,3-4,8-9H2,1-2H3,(H2,23,24,25)/t15-,18-,19-,22-/m1/s1. The number of aliphatic hydroxyl groups is 3. The van der Waals surface area contributed by atoms with Crippen molar-refractivity contribution >= 4 is 23.0 Å². The van der Waals surface area contributed by atoms with E-state index in [1.807, 2.05) is 6.92 Å². The molecule has 0 bridgehead atoms. The summed E-state index contributed by atoms with van der Waals surface area (Å²) in [5.74, 6) is 0.334. The Hall–Kier alpha value is -3.32. The van der Waals surface area contributed by atoms with E-state index in [-0.39, 0.29) is 36.0 Å². The van der Waals surface area contributed by atoms with Gasteiger partial charge in [-0.25, -0.2) is 15.0 Å². The Balaban J connectivity index is 1.77. The molecule has 4 atom stereocenters. The highest BCUT2D eigenvalue weighted by molar-refractivity contribution is 5.81. The molecule has 3 aromatic rings. The van der Waals surface area contributed by atoms with Gasteiger partial charge in [0.25, 0.3) is 0 Å². The number of esters is 1. The van der Waals surface area contributed by atoms with Crippen molar-refractivity contribution in [2.45, 2.75) is 50.2 Å². The summed E-state index contributed by atoms with van der Waals surface area (Å²) in [6, 6.07) is 4.92. The highest BCUT2D eigenvalue weighted by Crippen LogP contribution is 2.41. The van der Waals surface area contributed by atoms with Gasteiger partial charge in [0.15, 0.2) is 28.7 Å². The van der Waals surface area contributed by atoms with Gasteiger partial charge in [-0.05, 0) is 24.1 Å². The fourth-order valence-electron chi connectivity index (χ4n) is 4.15. The van der Waals surface area contributed by atoms with Gasteiger partial charge in [0.2, 0.25) is 0 Å². The minimum absolute atomic E-state index is 0.0244. The summed E-state index contributed by atoms with van der Waals surface area (Å²) in [6.45, 7) is 1.36. The Morgan fingerprint density at radius 1 is 1.26 bits per heavy atom. The topological polar surface area (TPSA) is 175 Å². The molecule has 0 saturated carbocycles. The van der Waals surface area contributed by atoms with Crippen LogP contribution in [0.2, 0.25) is 0 Å². The van der Waals surface area contributed by atoms with E-state index in [2.05, 4.69) is 15.0 Å². The molecule has 0 unspecified atom stereocenters. The van der Waals surface area contributed by atoms with Crippen molar-refractivity contribution in [1.82, 2.24) is 19.5 Å². The number of aliphatic hydroxyl groups excluding tert-OH is 3. The van der Waals surface area contributed by atoms with Crippen LogP contribution >= 0.6 is 0 Å². The van der Waals surface area contributed by atoms with Gasteiger partial charge in [-0.3, -0.25) is 9.36 Å². The maximum absolute atomic E-state index is 11.9. The second-order valence-corrected chi connectivity index (χ2v) is 8.05. The Kier molecular flexibility index (Phi) is 6.66. The van der Waals surface area contributed by atoms with Crippen molar-refractivity contribution in [3.8, 4) is 11.5 Å². The molecule has 1 aliphatic rings. The first-order valence-electron chi connectivity index (χ1n) is 10.8. The Morgan fingerprint density at radius 2 is 2.06 bits per heavy atom. The van der Waals surface area contributed by atoms with E-state index in [4.69, 9.17) is 19.9 Å². The number of carbonyl (C=O) groups excluding carboxylic acids is 1. The predicted octanol–water partition coefficient (Wildman–Crippen LogP) is 0.131. The van der Waals surface area contributed by atoms with Gasteiger partial charge < -0.3 is 35.3 Å². The normalized spacial score (nSPS) is 24.4. The number of hydrogen-bond acceptors (Lipinski definition) is 11. The summed E-state index contributed by atoms with van der Waals surface area (Å²) < 4.78 is 18.3. The molecule has 182 valence electrons. The lowest BCUT2D eigenvalue weighted by atomic mass is 9.94.